The van der Waals surface area contributed by atoms with Crippen LogP contribution in [0, 0.1) is 0 Å². The Morgan fingerprint density at radius 2 is 1.92 bits per heavy atom. The van der Waals surface area contributed by atoms with Crippen LogP contribution < -0.4 is 9.47 Å². The molecule has 0 spiro atoms. The lowest BCUT2D eigenvalue weighted by Crippen LogP contribution is -2.52. The number of piperazine rings is 1. The van der Waals surface area contributed by atoms with Crippen LogP contribution in [0.15, 0.2) is 35.0 Å². The van der Waals surface area contributed by atoms with E-state index in [2.05, 4.69) is 38.8 Å². The second kappa shape index (κ2) is 8.39. The Hall–Kier alpha value is -1.60. The summed E-state index contributed by atoms with van der Waals surface area (Å²) in [7, 11) is 0. The highest BCUT2D eigenvalue weighted by Crippen LogP contribution is 2.31. The molecule has 1 N–H and O–H groups in total. The van der Waals surface area contributed by atoms with Gasteiger partial charge < -0.3 is 14.6 Å². The molecule has 0 radical (unpaired) electrons. The molecule has 1 aromatic carbocycles. The van der Waals surface area contributed by atoms with Gasteiger partial charge in [-0.05, 0) is 46.5 Å². The predicted octanol–water partition coefficient (Wildman–Crippen LogP) is 2.59. The molecule has 0 aliphatic carbocycles. The van der Waals surface area contributed by atoms with Crippen LogP contribution in [0.5, 0.6) is 11.5 Å². The quantitative estimate of drug-likeness (QED) is 0.842. The van der Waals surface area contributed by atoms with Gasteiger partial charge >= 0.3 is 0 Å². The van der Waals surface area contributed by atoms with Crippen molar-refractivity contribution in [1.29, 1.82) is 0 Å². The molecular formula is C20H26N2O3S. The van der Waals surface area contributed by atoms with Crippen LogP contribution in [0.1, 0.15) is 17.5 Å². The predicted molar refractivity (Wildman–Crippen MR) is 103 cm³/mol. The van der Waals surface area contributed by atoms with E-state index in [0.29, 0.717) is 19.3 Å². The van der Waals surface area contributed by atoms with Crippen LogP contribution >= 0.6 is 11.3 Å². The zero-order valence-corrected chi connectivity index (χ0v) is 15.8. The van der Waals surface area contributed by atoms with E-state index in [4.69, 9.17) is 9.47 Å². The van der Waals surface area contributed by atoms with Gasteiger partial charge in [-0.2, -0.15) is 11.3 Å². The van der Waals surface area contributed by atoms with Gasteiger partial charge in [-0.3, -0.25) is 9.80 Å². The lowest BCUT2D eigenvalue weighted by atomic mass is 10.1. The summed E-state index contributed by atoms with van der Waals surface area (Å²) in [5.74, 6) is 1.70. The van der Waals surface area contributed by atoms with Crippen molar-refractivity contribution in [2.75, 3.05) is 39.5 Å². The van der Waals surface area contributed by atoms with Crippen LogP contribution in [0.3, 0.4) is 0 Å². The lowest BCUT2D eigenvalue weighted by Gasteiger charge is -2.41. The maximum Gasteiger partial charge on any atom is 0.161 e. The minimum Gasteiger partial charge on any atom is -0.486 e. The van der Waals surface area contributed by atoms with Gasteiger partial charge in [0, 0.05) is 45.4 Å². The van der Waals surface area contributed by atoms with Crippen molar-refractivity contribution in [2.24, 2.45) is 0 Å². The van der Waals surface area contributed by atoms with Crippen LogP contribution in [0.4, 0.5) is 0 Å². The molecule has 4 rings (SSSR count). The molecule has 2 aliphatic heterocycles. The zero-order chi connectivity index (χ0) is 17.8. The maximum absolute atomic E-state index is 9.50. The highest BCUT2D eigenvalue weighted by atomic mass is 32.1. The number of hydrogen-bond acceptors (Lipinski definition) is 6. The van der Waals surface area contributed by atoms with E-state index in [1.807, 2.05) is 6.07 Å². The number of aliphatic hydroxyl groups excluding tert-OH is 1. The van der Waals surface area contributed by atoms with E-state index in [9.17, 15) is 5.11 Å². The SMILES string of the molecule is OCC[C@H]1CN(Cc2ccc3c(c2)OCCO3)CCN1Cc1ccsc1. The number of fused-ring (bicyclic) bond motifs is 1. The molecule has 26 heavy (non-hydrogen) atoms. The third-order valence-corrected chi connectivity index (χ3v) is 5.86. The number of nitrogens with zero attached hydrogens (tertiary/aromatic N) is 2. The molecule has 140 valence electrons. The molecule has 6 heteroatoms. The Morgan fingerprint density at radius 1 is 1.04 bits per heavy atom. The average Bonchev–Trinajstić information content (AvgIpc) is 3.17. The van der Waals surface area contributed by atoms with Crippen LogP contribution in [-0.4, -0.2) is 60.4 Å². The Bertz CT molecular complexity index is 707. The first-order valence-corrected chi connectivity index (χ1v) is 10.2. The normalized spacial score (nSPS) is 21.0. The smallest absolute Gasteiger partial charge is 0.161 e. The maximum atomic E-state index is 9.50. The van der Waals surface area contributed by atoms with Gasteiger partial charge in [0.2, 0.25) is 0 Å². The topological polar surface area (TPSA) is 45.2 Å². The first-order valence-electron chi connectivity index (χ1n) is 9.28. The molecule has 5 nitrogen and oxygen atoms in total. The molecular weight excluding hydrogens is 348 g/mol. The molecule has 2 aliphatic rings. The van der Waals surface area contributed by atoms with Crippen LogP contribution in [-0.2, 0) is 13.1 Å². The summed E-state index contributed by atoms with van der Waals surface area (Å²) in [6, 6.07) is 8.84. The Balaban J connectivity index is 1.39. The van der Waals surface area contributed by atoms with E-state index in [1.165, 1.54) is 11.1 Å². The fraction of sp³-hybridized carbons (Fsp3) is 0.500. The van der Waals surface area contributed by atoms with Crippen molar-refractivity contribution < 1.29 is 14.6 Å². The van der Waals surface area contributed by atoms with Crippen molar-refractivity contribution in [3.63, 3.8) is 0 Å². The molecule has 1 aromatic heterocycles. The fourth-order valence-corrected chi connectivity index (χ4v) is 4.45. The van der Waals surface area contributed by atoms with Crippen molar-refractivity contribution in [3.05, 3.63) is 46.2 Å². The van der Waals surface area contributed by atoms with Gasteiger partial charge in [0.15, 0.2) is 11.5 Å². The van der Waals surface area contributed by atoms with Gasteiger partial charge in [0.25, 0.3) is 0 Å². The van der Waals surface area contributed by atoms with Crippen LogP contribution in [0.2, 0.25) is 0 Å². The van der Waals surface area contributed by atoms with E-state index in [-0.39, 0.29) is 6.61 Å². The van der Waals surface area contributed by atoms with Gasteiger partial charge in [0.05, 0.1) is 0 Å². The minimum absolute atomic E-state index is 0.239. The third-order valence-electron chi connectivity index (χ3n) is 5.13. The number of rotatable bonds is 6. The summed E-state index contributed by atoms with van der Waals surface area (Å²) in [4.78, 5) is 4.99. The summed E-state index contributed by atoms with van der Waals surface area (Å²) in [6.07, 6.45) is 0.821. The van der Waals surface area contributed by atoms with E-state index in [1.54, 1.807) is 11.3 Å². The van der Waals surface area contributed by atoms with E-state index >= 15 is 0 Å². The summed E-state index contributed by atoms with van der Waals surface area (Å²) < 4.78 is 11.3. The molecule has 1 saturated heterocycles. The molecule has 0 bridgehead atoms. The number of ether oxygens (including phenoxy) is 2. The van der Waals surface area contributed by atoms with E-state index in [0.717, 1.165) is 50.6 Å². The summed E-state index contributed by atoms with van der Waals surface area (Å²) >= 11 is 1.75. The fourth-order valence-electron chi connectivity index (χ4n) is 3.79. The Labute approximate surface area is 158 Å². The number of thiophene rings is 1. The Morgan fingerprint density at radius 3 is 2.73 bits per heavy atom. The van der Waals surface area contributed by atoms with Gasteiger partial charge in [-0.1, -0.05) is 6.07 Å². The first kappa shape index (κ1) is 17.8. The summed E-state index contributed by atoms with van der Waals surface area (Å²) in [5, 5.41) is 13.9. The molecule has 0 unspecified atom stereocenters. The van der Waals surface area contributed by atoms with Gasteiger partial charge in [-0.15, -0.1) is 0 Å². The zero-order valence-electron chi connectivity index (χ0n) is 15.0. The van der Waals surface area contributed by atoms with Crippen molar-refractivity contribution >= 4 is 11.3 Å². The molecule has 0 saturated carbocycles. The second-order valence-electron chi connectivity index (χ2n) is 6.98. The molecule has 1 atom stereocenters. The average molecular weight is 375 g/mol. The molecule has 2 aromatic rings. The van der Waals surface area contributed by atoms with Gasteiger partial charge in [-0.25, -0.2) is 0 Å². The van der Waals surface area contributed by atoms with Gasteiger partial charge in [0.1, 0.15) is 13.2 Å². The van der Waals surface area contributed by atoms with Crippen molar-refractivity contribution in [1.82, 2.24) is 9.80 Å². The number of aliphatic hydroxyl groups is 1. The standard InChI is InChI=1S/C20H26N2O3S/c23-7-3-18-14-21(5-6-22(18)13-17-4-10-26-15-17)12-16-1-2-19-20(11-16)25-9-8-24-19/h1-2,4,10-11,15,18,23H,3,5-9,12-14H2/t18-/m0/s1. The Kier molecular flexibility index (Phi) is 5.75. The summed E-state index contributed by atoms with van der Waals surface area (Å²) in [5.41, 5.74) is 2.63. The number of hydrogen-bond donors (Lipinski definition) is 1. The van der Waals surface area contributed by atoms with Crippen LogP contribution in [0.25, 0.3) is 0 Å². The molecule has 0 amide bonds. The van der Waals surface area contributed by atoms with Crippen molar-refractivity contribution in [3.8, 4) is 11.5 Å². The second-order valence-corrected chi connectivity index (χ2v) is 7.76. The number of benzene rings is 1. The lowest BCUT2D eigenvalue weighted by molar-refractivity contribution is 0.0500. The summed E-state index contributed by atoms with van der Waals surface area (Å²) in [6.45, 7) is 6.43. The first-order chi connectivity index (χ1) is 12.8. The highest BCUT2D eigenvalue weighted by Gasteiger charge is 2.27. The van der Waals surface area contributed by atoms with E-state index < -0.39 is 0 Å². The molecule has 3 heterocycles. The monoisotopic (exact) mass is 374 g/mol. The highest BCUT2D eigenvalue weighted by molar-refractivity contribution is 7.07. The molecule has 1 fully saturated rings. The third kappa shape index (κ3) is 4.20. The van der Waals surface area contributed by atoms with Crippen molar-refractivity contribution in [2.45, 2.75) is 25.6 Å². The minimum atomic E-state index is 0.239. The largest absolute Gasteiger partial charge is 0.486 e.